The molecular formula is C48H36N4OPt. The van der Waals surface area contributed by atoms with Crippen molar-refractivity contribution in [3.63, 3.8) is 0 Å². The van der Waals surface area contributed by atoms with Crippen molar-refractivity contribution in [3.05, 3.63) is 181 Å². The molecule has 2 aromatic heterocycles. The average Bonchev–Trinajstić information content (AvgIpc) is 3.77. The molecule has 0 radical (unpaired) electrons. The van der Waals surface area contributed by atoms with E-state index in [1.54, 1.807) is 0 Å². The summed E-state index contributed by atoms with van der Waals surface area (Å²) in [5.41, 5.74) is 12.0. The SMILES string of the molecule is CC(C)(C)c1cc[c-]c(-c2cccc3c2nc(Oc2[c-]c(-c4nc5ccc(-c6ccccc6)cc5n4-c4ccccc4)ccc2)n3-c2ccccc2)c1.[Pt+2]. The molecule has 0 aliphatic rings. The summed E-state index contributed by atoms with van der Waals surface area (Å²) in [6, 6.07) is 63.5. The molecule has 0 aliphatic carbocycles. The monoisotopic (exact) mass is 879 g/mol. The number of ether oxygens (including phenoxy) is 1. The molecule has 0 aliphatic heterocycles. The predicted octanol–water partition coefficient (Wildman–Crippen LogP) is 12.1. The fourth-order valence-electron chi connectivity index (χ4n) is 6.92. The molecule has 0 saturated carbocycles. The Balaban J connectivity index is 0.00000413. The number of rotatable bonds is 7. The second kappa shape index (κ2) is 14.4. The summed E-state index contributed by atoms with van der Waals surface area (Å²) in [4.78, 5) is 10.3. The fraction of sp³-hybridized carbons (Fsp3) is 0.0833. The largest absolute Gasteiger partial charge is 2.00 e. The van der Waals surface area contributed by atoms with Crippen LogP contribution < -0.4 is 4.74 Å². The van der Waals surface area contributed by atoms with Gasteiger partial charge in [0.2, 0.25) is 0 Å². The first kappa shape index (κ1) is 35.0. The summed E-state index contributed by atoms with van der Waals surface area (Å²) < 4.78 is 11.0. The van der Waals surface area contributed by atoms with Crippen LogP contribution in [0.3, 0.4) is 0 Å². The zero-order chi connectivity index (χ0) is 35.9. The van der Waals surface area contributed by atoms with Crippen molar-refractivity contribution in [1.82, 2.24) is 19.1 Å². The van der Waals surface area contributed by atoms with E-state index in [2.05, 4.69) is 151 Å². The summed E-state index contributed by atoms with van der Waals surface area (Å²) in [6.45, 7) is 6.68. The molecule has 0 atom stereocenters. The maximum Gasteiger partial charge on any atom is 2.00 e. The molecule has 0 spiro atoms. The van der Waals surface area contributed by atoms with Crippen LogP contribution in [0.25, 0.3) is 67.1 Å². The van der Waals surface area contributed by atoms with E-state index >= 15 is 0 Å². The van der Waals surface area contributed by atoms with Gasteiger partial charge in [-0.25, -0.2) is 4.98 Å². The van der Waals surface area contributed by atoms with Crippen LogP contribution in [0.15, 0.2) is 164 Å². The molecule has 54 heavy (non-hydrogen) atoms. The van der Waals surface area contributed by atoms with Crippen LogP contribution in [-0.4, -0.2) is 19.1 Å². The minimum Gasteiger partial charge on any atom is -0.446 e. The van der Waals surface area contributed by atoms with Crippen molar-refractivity contribution in [1.29, 1.82) is 0 Å². The van der Waals surface area contributed by atoms with E-state index in [0.29, 0.717) is 11.8 Å². The quantitative estimate of drug-likeness (QED) is 0.150. The van der Waals surface area contributed by atoms with E-state index in [1.165, 1.54) is 5.56 Å². The first-order valence-corrected chi connectivity index (χ1v) is 17.8. The number of imidazole rings is 2. The van der Waals surface area contributed by atoms with Gasteiger partial charge >= 0.3 is 27.1 Å². The number of fused-ring (bicyclic) bond motifs is 2. The average molecular weight is 880 g/mol. The van der Waals surface area contributed by atoms with Gasteiger partial charge in [-0.1, -0.05) is 117 Å². The second-order valence-electron chi connectivity index (χ2n) is 14.2. The zero-order valence-corrected chi connectivity index (χ0v) is 32.4. The molecule has 0 saturated heterocycles. The molecule has 0 unspecified atom stereocenters. The van der Waals surface area contributed by atoms with Gasteiger partial charge in [-0.15, -0.1) is 59.2 Å². The zero-order valence-electron chi connectivity index (χ0n) is 30.1. The van der Waals surface area contributed by atoms with Crippen LogP contribution in [0.4, 0.5) is 0 Å². The normalized spacial score (nSPS) is 11.5. The van der Waals surface area contributed by atoms with E-state index in [1.807, 2.05) is 54.6 Å². The Morgan fingerprint density at radius 1 is 0.574 bits per heavy atom. The molecule has 0 fully saturated rings. The van der Waals surface area contributed by atoms with Crippen molar-refractivity contribution >= 4 is 22.1 Å². The Kier molecular flexibility index (Phi) is 9.35. The molecule has 9 rings (SSSR count). The minimum absolute atomic E-state index is 0. The molecule has 0 N–H and O–H groups in total. The number of aromatic nitrogens is 4. The van der Waals surface area contributed by atoms with E-state index in [-0.39, 0.29) is 26.5 Å². The molecule has 0 bridgehead atoms. The predicted molar refractivity (Wildman–Crippen MR) is 215 cm³/mol. The molecule has 9 aromatic rings. The van der Waals surface area contributed by atoms with Crippen molar-refractivity contribution in [2.24, 2.45) is 0 Å². The van der Waals surface area contributed by atoms with Gasteiger partial charge in [-0.2, -0.15) is 0 Å². The standard InChI is InChI=1S/C48H36N4O.Pt/c1-48(2,3)37-20-13-18-35(30-37)41-26-15-27-43-45(41)50-47(52(43)39-23-11-6-12-24-39)53-40-25-14-19-36(31-40)46-49-42-29-28-34(33-16-7-4-8-17-33)32-44(42)51(46)38-21-9-5-10-22-38;/h4-17,19-30,32H,1-3H3;/q-2;+2. The van der Waals surface area contributed by atoms with E-state index < -0.39 is 0 Å². The van der Waals surface area contributed by atoms with Crippen LogP contribution in [0.1, 0.15) is 26.3 Å². The number of hydrogen-bond acceptors (Lipinski definition) is 3. The van der Waals surface area contributed by atoms with Gasteiger partial charge in [-0.3, -0.25) is 9.55 Å². The van der Waals surface area contributed by atoms with Gasteiger partial charge in [0.15, 0.2) is 0 Å². The van der Waals surface area contributed by atoms with Crippen molar-refractivity contribution in [2.75, 3.05) is 0 Å². The first-order valence-electron chi connectivity index (χ1n) is 17.8. The summed E-state index contributed by atoms with van der Waals surface area (Å²) >= 11 is 0. The van der Waals surface area contributed by atoms with Gasteiger partial charge in [0.1, 0.15) is 0 Å². The molecule has 7 aromatic carbocycles. The smallest absolute Gasteiger partial charge is 0.446 e. The molecular weight excluding hydrogens is 844 g/mol. The minimum atomic E-state index is 0. The van der Waals surface area contributed by atoms with Crippen molar-refractivity contribution < 1.29 is 25.8 Å². The maximum absolute atomic E-state index is 6.73. The van der Waals surface area contributed by atoms with Crippen LogP contribution in [0, 0.1) is 12.1 Å². The Bertz CT molecular complexity index is 2730. The van der Waals surface area contributed by atoms with Crippen LogP contribution >= 0.6 is 0 Å². The summed E-state index contributed by atoms with van der Waals surface area (Å²) in [5, 5.41) is 0. The topological polar surface area (TPSA) is 44.9 Å². The Hall–Kier alpha value is -6.03. The summed E-state index contributed by atoms with van der Waals surface area (Å²) in [6.07, 6.45) is 0. The molecule has 0 amide bonds. The number of para-hydroxylation sites is 3. The van der Waals surface area contributed by atoms with Gasteiger partial charge in [0.05, 0.1) is 33.6 Å². The molecule has 6 heteroatoms. The van der Waals surface area contributed by atoms with E-state index in [4.69, 9.17) is 14.7 Å². The van der Waals surface area contributed by atoms with Crippen molar-refractivity contribution in [3.8, 4) is 56.8 Å². The van der Waals surface area contributed by atoms with Crippen molar-refractivity contribution in [2.45, 2.75) is 26.2 Å². The molecule has 5 nitrogen and oxygen atoms in total. The number of nitrogens with zero attached hydrogens (tertiary/aromatic N) is 4. The number of hydrogen-bond donors (Lipinski definition) is 0. The van der Waals surface area contributed by atoms with Crippen LogP contribution in [0.2, 0.25) is 0 Å². The third-order valence-corrected chi connectivity index (χ3v) is 9.61. The summed E-state index contributed by atoms with van der Waals surface area (Å²) in [5.74, 6) is 1.31. The van der Waals surface area contributed by atoms with Gasteiger partial charge < -0.3 is 9.30 Å². The van der Waals surface area contributed by atoms with E-state index in [0.717, 1.165) is 67.1 Å². The van der Waals surface area contributed by atoms with Gasteiger partial charge in [-0.05, 0) is 59.0 Å². The second-order valence-corrected chi connectivity index (χ2v) is 14.2. The molecule has 2 heterocycles. The van der Waals surface area contributed by atoms with Crippen LogP contribution in [-0.2, 0) is 26.5 Å². The van der Waals surface area contributed by atoms with Gasteiger partial charge in [0.25, 0.3) is 0 Å². The number of benzene rings is 7. The summed E-state index contributed by atoms with van der Waals surface area (Å²) in [7, 11) is 0. The first-order chi connectivity index (χ1) is 25.9. The van der Waals surface area contributed by atoms with E-state index in [9.17, 15) is 0 Å². The molecule has 264 valence electrons. The van der Waals surface area contributed by atoms with Gasteiger partial charge in [0, 0.05) is 11.4 Å². The van der Waals surface area contributed by atoms with Crippen LogP contribution in [0.5, 0.6) is 11.8 Å². The maximum atomic E-state index is 6.73. The Labute approximate surface area is 329 Å². The Morgan fingerprint density at radius 2 is 1.26 bits per heavy atom. The third kappa shape index (κ3) is 6.57. The third-order valence-electron chi connectivity index (χ3n) is 9.61. The fourth-order valence-corrected chi connectivity index (χ4v) is 6.92. The Morgan fingerprint density at radius 3 is 1.98 bits per heavy atom.